The average molecular weight is 258 g/mol. The number of hydrogen-bond donors (Lipinski definition) is 2. The summed E-state index contributed by atoms with van der Waals surface area (Å²) < 4.78 is 0. The molecule has 19 heavy (non-hydrogen) atoms. The zero-order valence-corrected chi connectivity index (χ0v) is 11.1. The van der Waals surface area contributed by atoms with Crippen LogP contribution in [-0.2, 0) is 0 Å². The molecule has 0 bridgehead atoms. The van der Waals surface area contributed by atoms with Gasteiger partial charge in [-0.25, -0.2) is 0 Å². The summed E-state index contributed by atoms with van der Waals surface area (Å²) in [5, 5.41) is 11.8. The van der Waals surface area contributed by atoms with Crippen LogP contribution in [0.15, 0.2) is 18.5 Å². The van der Waals surface area contributed by atoms with Crippen LogP contribution in [0.3, 0.4) is 0 Å². The molecule has 0 atom stereocenters. The number of amides is 1. The van der Waals surface area contributed by atoms with E-state index in [0.717, 1.165) is 19.3 Å². The molecular weight excluding hydrogens is 240 g/mol. The Balaban J connectivity index is 2.19. The molecule has 1 fully saturated rings. The molecule has 0 spiro atoms. The van der Waals surface area contributed by atoms with E-state index in [-0.39, 0.29) is 18.1 Å². The van der Waals surface area contributed by atoms with Gasteiger partial charge in [0, 0.05) is 17.9 Å². The van der Waals surface area contributed by atoms with Crippen LogP contribution in [0, 0.1) is 11.8 Å². The number of nitrogens with zero attached hydrogens (tertiary/aromatic N) is 1. The highest BCUT2D eigenvalue weighted by Crippen LogP contribution is 2.34. The van der Waals surface area contributed by atoms with E-state index in [9.17, 15) is 4.79 Å². The number of aliphatic hydroxyl groups excluding tert-OH is 1. The second kappa shape index (κ2) is 5.85. The Bertz CT molecular complexity index is 519. The molecule has 2 rings (SSSR count). The van der Waals surface area contributed by atoms with Crippen LogP contribution in [0.5, 0.6) is 0 Å². The number of aliphatic hydroxyl groups is 1. The summed E-state index contributed by atoms with van der Waals surface area (Å²) in [5.41, 5.74) is 1.04. The van der Waals surface area contributed by atoms with Crippen molar-refractivity contribution in [1.82, 2.24) is 10.3 Å². The van der Waals surface area contributed by atoms with E-state index in [1.54, 1.807) is 18.5 Å². The Hall–Kier alpha value is -1.86. The lowest BCUT2D eigenvalue weighted by molar-refractivity contribution is 0.0820. The first-order chi connectivity index (χ1) is 9.21. The molecule has 1 aromatic rings. The molecular formula is C15H18N2O2. The third kappa shape index (κ3) is 2.94. The highest BCUT2D eigenvalue weighted by molar-refractivity contribution is 5.97. The minimum absolute atomic E-state index is 0.0397. The lowest BCUT2D eigenvalue weighted by Crippen LogP contribution is -2.53. The SMILES string of the molecule is CCC1(NC(=O)c2ccncc2C#CCO)CCC1. The van der Waals surface area contributed by atoms with E-state index in [2.05, 4.69) is 29.1 Å². The third-order valence-corrected chi connectivity index (χ3v) is 3.73. The van der Waals surface area contributed by atoms with Crippen LogP contribution in [0.2, 0.25) is 0 Å². The average Bonchev–Trinajstić information content (AvgIpc) is 2.40. The number of nitrogens with one attached hydrogen (secondary N) is 1. The monoisotopic (exact) mass is 258 g/mol. The van der Waals surface area contributed by atoms with Crippen molar-refractivity contribution in [3.63, 3.8) is 0 Å². The van der Waals surface area contributed by atoms with Gasteiger partial charge < -0.3 is 10.4 Å². The predicted octanol–water partition coefficient (Wildman–Crippen LogP) is 1.49. The smallest absolute Gasteiger partial charge is 0.253 e. The van der Waals surface area contributed by atoms with Crippen molar-refractivity contribution >= 4 is 5.91 Å². The lowest BCUT2D eigenvalue weighted by Gasteiger charge is -2.42. The quantitative estimate of drug-likeness (QED) is 0.807. The van der Waals surface area contributed by atoms with Crippen LogP contribution in [0.1, 0.15) is 48.5 Å². The first-order valence-corrected chi connectivity index (χ1v) is 6.57. The van der Waals surface area contributed by atoms with E-state index in [0.29, 0.717) is 11.1 Å². The molecule has 1 aliphatic carbocycles. The lowest BCUT2D eigenvalue weighted by atomic mass is 9.74. The Morgan fingerprint density at radius 1 is 1.58 bits per heavy atom. The fourth-order valence-corrected chi connectivity index (χ4v) is 2.31. The van der Waals surface area contributed by atoms with Crippen molar-refractivity contribution in [2.75, 3.05) is 6.61 Å². The molecule has 0 unspecified atom stereocenters. The maximum Gasteiger partial charge on any atom is 0.253 e. The summed E-state index contributed by atoms with van der Waals surface area (Å²) in [6.07, 6.45) is 7.33. The number of carbonyl (C=O) groups is 1. The molecule has 1 heterocycles. The van der Waals surface area contributed by atoms with Crippen LogP contribution in [-0.4, -0.2) is 28.1 Å². The van der Waals surface area contributed by atoms with Gasteiger partial charge in [0.2, 0.25) is 0 Å². The van der Waals surface area contributed by atoms with Crippen molar-refractivity contribution in [2.45, 2.75) is 38.1 Å². The molecule has 1 aromatic heterocycles. The molecule has 100 valence electrons. The molecule has 4 nitrogen and oxygen atoms in total. The molecule has 0 radical (unpaired) electrons. The van der Waals surface area contributed by atoms with Gasteiger partial charge in [0.1, 0.15) is 6.61 Å². The Labute approximate surface area is 113 Å². The van der Waals surface area contributed by atoms with E-state index in [1.165, 1.54) is 6.42 Å². The van der Waals surface area contributed by atoms with Crippen LogP contribution in [0.25, 0.3) is 0 Å². The number of rotatable bonds is 3. The summed E-state index contributed by atoms with van der Waals surface area (Å²) in [4.78, 5) is 16.3. The van der Waals surface area contributed by atoms with E-state index in [1.807, 2.05) is 0 Å². The molecule has 4 heteroatoms. The normalized spacial score (nSPS) is 15.9. The van der Waals surface area contributed by atoms with Gasteiger partial charge in [0.15, 0.2) is 0 Å². The second-order valence-corrected chi connectivity index (χ2v) is 4.82. The standard InChI is InChI=1S/C15H18N2O2/c1-2-15(7-4-8-15)17-14(19)13-6-9-16-11-12(13)5-3-10-18/h6,9,11,18H,2,4,7-8,10H2,1H3,(H,17,19). The minimum atomic E-state index is -0.227. The van der Waals surface area contributed by atoms with Gasteiger partial charge in [-0.2, -0.15) is 0 Å². The summed E-state index contributed by atoms with van der Waals surface area (Å²) in [7, 11) is 0. The summed E-state index contributed by atoms with van der Waals surface area (Å²) in [5.74, 6) is 5.21. The predicted molar refractivity (Wildman–Crippen MR) is 72.5 cm³/mol. The van der Waals surface area contributed by atoms with E-state index < -0.39 is 0 Å². The maximum atomic E-state index is 12.3. The zero-order valence-electron chi connectivity index (χ0n) is 11.1. The van der Waals surface area contributed by atoms with Crippen LogP contribution < -0.4 is 5.32 Å². The van der Waals surface area contributed by atoms with Crippen molar-refractivity contribution in [3.05, 3.63) is 29.6 Å². The van der Waals surface area contributed by atoms with Crippen molar-refractivity contribution in [1.29, 1.82) is 0 Å². The molecule has 1 aliphatic rings. The third-order valence-electron chi connectivity index (χ3n) is 3.73. The maximum absolute atomic E-state index is 12.3. The number of hydrogen-bond acceptors (Lipinski definition) is 3. The van der Waals surface area contributed by atoms with Gasteiger partial charge in [0.25, 0.3) is 5.91 Å². The molecule has 0 saturated heterocycles. The molecule has 2 N–H and O–H groups in total. The largest absolute Gasteiger partial charge is 0.384 e. The Morgan fingerprint density at radius 2 is 2.37 bits per heavy atom. The summed E-state index contributed by atoms with van der Waals surface area (Å²) in [6, 6.07) is 1.67. The van der Waals surface area contributed by atoms with Gasteiger partial charge in [-0.1, -0.05) is 18.8 Å². The highest BCUT2D eigenvalue weighted by atomic mass is 16.2. The van der Waals surface area contributed by atoms with Crippen LogP contribution >= 0.6 is 0 Å². The van der Waals surface area contributed by atoms with Crippen molar-refractivity contribution in [2.24, 2.45) is 0 Å². The van der Waals surface area contributed by atoms with Crippen LogP contribution in [0.4, 0.5) is 0 Å². The fourth-order valence-electron chi connectivity index (χ4n) is 2.31. The van der Waals surface area contributed by atoms with Gasteiger partial charge in [-0.15, -0.1) is 0 Å². The molecule has 1 amide bonds. The highest BCUT2D eigenvalue weighted by Gasteiger charge is 2.36. The summed E-state index contributed by atoms with van der Waals surface area (Å²) in [6.45, 7) is 1.87. The molecule has 1 saturated carbocycles. The Morgan fingerprint density at radius 3 is 2.95 bits per heavy atom. The molecule has 0 aromatic carbocycles. The number of pyridine rings is 1. The molecule has 0 aliphatic heterocycles. The fraction of sp³-hybridized carbons (Fsp3) is 0.467. The number of carbonyl (C=O) groups excluding carboxylic acids is 1. The second-order valence-electron chi connectivity index (χ2n) is 4.82. The van der Waals surface area contributed by atoms with E-state index in [4.69, 9.17) is 5.11 Å². The number of aromatic nitrogens is 1. The minimum Gasteiger partial charge on any atom is -0.384 e. The summed E-state index contributed by atoms with van der Waals surface area (Å²) >= 11 is 0. The topological polar surface area (TPSA) is 62.2 Å². The van der Waals surface area contributed by atoms with Crippen molar-refractivity contribution < 1.29 is 9.90 Å². The first kappa shape index (κ1) is 13.6. The van der Waals surface area contributed by atoms with E-state index >= 15 is 0 Å². The zero-order chi connectivity index (χ0) is 13.7. The Kier molecular flexibility index (Phi) is 4.18. The van der Waals surface area contributed by atoms with Gasteiger partial charge >= 0.3 is 0 Å². The van der Waals surface area contributed by atoms with Gasteiger partial charge in [-0.3, -0.25) is 9.78 Å². The van der Waals surface area contributed by atoms with Gasteiger partial charge in [0.05, 0.1) is 11.1 Å². The van der Waals surface area contributed by atoms with Crippen molar-refractivity contribution in [3.8, 4) is 11.8 Å². The van der Waals surface area contributed by atoms with Gasteiger partial charge in [-0.05, 0) is 31.7 Å². The first-order valence-electron chi connectivity index (χ1n) is 6.57.